The van der Waals surface area contributed by atoms with Crippen LogP contribution in [-0.2, 0) is 6.54 Å². The van der Waals surface area contributed by atoms with Crippen molar-refractivity contribution in [3.63, 3.8) is 0 Å². The van der Waals surface area contributed by atoms with Gasteiger partial charge in [0.25, 0.3) is 5.91 Å². The molecule has 0 bridgehead atoms. The van der Waals surface area contributed by atoms with Crippen LogP contribution in [-0.4, -0.2) is 77.1 Å². The number of amides is 1. The van der Waals surface area contributed by atoms with E-state index < -0.39 is 6.10 Å². The zero-order valence-corrected chi connectivity index (χ0v) is 17.8. The number of aliphatic hydroxyl groups excluding tert-OH is 1. The van der Waals surface area contributed by atoms with Gasteiger partial charge in [0.15, 0.2) is 0 Å². The number of carbonyl (C=O) groups excluding carboxylic acids is 1. The van der Waals surface area contributed by atoms with E-state index in [9.17, 15) is 9.90 Å². The summed E-state index contributed by atoms with van der Waals surface area (Å²) in [5.41, 5.74) is 1.25. The highest BCUT2D eigenvalue weighted by atomic mass is 35.5. The molecule has 1 aromatic heterocycles. The lowest BCUT2D eigenvalue weighted by atomic mass is 10.1. The van der Waals surface area contributed by atoms with Crippen LogP contribution >= 0.6 is 34.5 Å². The van der Waals surface area contributed by atoms with E-state index in [1.165, 1.54) is 16.9 Å². The van der Waals surface area contributed by atoms with Crippen molar-refractivity contribution in [2.75, 3.05) is 39.3 Å². The summed E-state index contributed by atoms with van der Waals surface area (Å²) >= 11 is 13.4. The summed E-state index contributed by atoms with van der Waals surface area (Å²) in [7, 11) is 0. The second kappa shape index (κ2) is 8.69. The Morgan fingerprint density at radius 3 is 2.43 bits per heavy atom. The van der Waals surface area contributed by atoms with Crippen LogP contribution in [0, 0.1) is 0 Å². The summed E-state index contributed by atoms with van der Waals surface area (Å²) in [6, 6.07) is 9.70. The number of nitrogens with zero attached hydrogens (tertiary/aromatic N) is 3. The molecule has 8 heteroatoms. The molecule has 150 valence electrons. The minimum atomic E-state index is -0.523. The topological polar surface area (TPSA) is 47.0 Å². The molecule has 2 atom stereocenters. The third-order valence-corrected chi connectivity index (χ3v) is 7.13. The van der Waals surface area contributed by atoms with Gasteiger partial charge in [-0.15, -0.1) is 11.3 Å². The SMILES string of the molecule is O=C(c1sccc1Cl)N1CC(O)C(N2CCN(Cc3ccc(Cl)cc3)CC2)C1. The van der Waals surface area contributed by atoms with Gasteiger partial charge in [0.05, 0.1) is 17.2 Å². The van der Waals surface area contributed by atoms with E-state index in [0.29, 0.717) is 23.0 Å². The van der Waals surface area contributed by atoms with Gasteiger partial charge in [0.1, 0.15) is 4.88 Å². The summed E-state index contributed by atoms with van der Waals surface area (Å²) in [6.07, 6.45) is -0.523. The standard InChI is InChI=1S/C20H23Cl2N3O2S/c21-15-3-1-14(2-4-15)11-23-6-8-24(9-7-23)17-12-25(13-18(17)26)20(27)19-16(22)5-10-28-19/h1-5,10,17-18,26H,6-9,11-13H2. The molecule has 3 heterocycles. The number of benzene rings is 1. The second-order valence-electron chi connectivity index (χ2n) is 7.38. The van der Waals surface area contributed by atoms with E-state index in [1.807, 2.05) is 17.5 Å². The Bertz CT molecular complexity index is 821. The van der Waals surface area contributed by atoms with Gasteiger partial charge in [-0.1, -0.05) is 35.3 Å². The predicted octanol–water partition coefficient (Wildman–Crippen LogP) is 3.06. The minimum absolute atomic E-state index is 0.0135. The van der Waals surface area contributed by atoms with Gasteiger partial charge in [-0.05, 0) is 29.1 Å². The van der Waals surface area contributed by atoms with Crippen molar-refractivity contribution >= 4 is 40.4 Å². The van der Waals surface area contributed by atoms with E-state index >= 15 is 0 Å². The number of likely N-dealkylation sites (tertiary alicyclic amines) is 1. The van der Waals surface area contributed by atoms with Crippen LogP contribution in [0.1, 0.15) is 15.2 Å². The van der Waals surface area contributed by atoms with E-state index in [2.05, 4.69) is 21.9 Å². The van der Waals surface area contributed by atoms with Crippen LogP contribution in [0.5, 0.6) is 0 Å². The Balaban J connectivity index is 1.31. The molecule has 0 spiro atoms. The van der Waals surface area contributed by atoms with Crippen molar-refractivity contribution in [3.05, 3.63) is 56.2 Å². The molecule has 0 radical (unpaired) electrons. The molecular weight excluding hydrogens is 417 g/mol. The Morgan fingerprint density at radius 2 is 1.79 bits per heavy atom. The lowest BCUT2D eigenvalue weighted by Crippen LogP contribution is -2.53. The molecule has 1 amide bonds. The Morgan fingerprint density at radius 1 is 1.07 bits per heavy atom. The van der Waals surface area contributed by atoms with Gasteiger partial charge in [-0.2, -0.15) is 0 Å². The lowest BCUT2D eigenvalue weighted by molar-refractivity contribution is 0.0423. The second-order valence-corrected chi connectivity index (χ2v) is 9.14. The molecule has 5 nitrogen and oxygen atoms in total. The maximum absolute atomic E-state index is 12.7. The third-order valence-electron chi connectivity index (χ3n) is 5.55. The highest BCUT2D eigenvalue weighted by molar-refractivity contribution is 7.12. The largest absolute Gasteiger partial charge is 0.390 e. The summed E-state index contributed by atoms with van der Waals surface area (Å²) in [4.78, 5) is 19.7. The fourth-order valence-electron chi connectivity index (χ4n) is 3.99. The maximum atomic E-state index is 12.7. The van der Waals surface area contributed by atoms with Crippen molar-refractivity contribution in [2.45, 2.75) is 18.7 Å². The molecule has 2 saturated heterocycles. The third kappa shape index (κ3) is 4.37. The molecule has 2 aliphatic rings. The van der Waals surface area contributed by atoms with Crippen molar-refractivity contribution in [1.82, 2.24) is 14.7 Å². The van der Waals surface area contributed by atoms with Gasteiger partial charge in [0, 0.05) is 50.8 Å². The van der Waals surface area contributed by atoms with Crippen LogP contribution in [0.15, 0.2) is 35.7 Å². The summed E-state index contributed by atoms with van der Waals surface area (Å²) in [5.74, 6) is -0.0806. The van der Waals surface area contributed by atoms with Crippen LogP contribution in [0.4, 0.5) is 0 Å². The van der Waals surface area contributed by atoms with Crippen LogP contribution < -0.4 is 0 Å². The van der Waals surface area contributed by atoms with Crippen molar-refractivity contribution in [3.8, 4) is 0 Å². The first-order valence-electron chi connectivity index (χ1n) is 9.42. The zero-order chi connectivity index (χ0) is 19.7. The Hall–Kier alpha value is -1.15. The number of carbonyl (C=O) groups is 1. The van der Waals surface area contributed by atoms with Crippen molar-refractivity contribution in [1.29, 1.82) is 0 Å². The van der Waals surface area contributed by atoms with Crippen molar-refractivity contribution < 1.29 is 9.90 Å². The Labute approximate surface area is 179 Å². The number of β-amino-alcohol motifs (C(OH)–C–C–N with tert-alkyl or cyclic N) is 1. The average molecular weight is 440 g/mol. The molecule has 2 aromatic rings. The van der Waals surface area contributed by atoms with E-state index in [-0.39, 0.29) is 11.9 Å². The molecule has 0 aliphatic carbocycles. The molecule has 1 aromatic carbocycles. The number of hydrogen-bond donors (Lipinski definition) is 1. The first kappa shape index (κ1) is 20.1. The maximum Gasteiger partial charge on any atom is 0.265 e. The first-order valence-corrected chi connectivity index (χ1v) is 11.1. The number of halogens is 2. The minimum Gasteiger partial charge on any atom is -0.390 e. The summed E-state index contributed by atoms with van der Waals surface area (Å²) in [5, 5.41) is 13.6. The monoisotopic (exact) mass is 439 g/mol. The van der Waals surface area contributed by atoms with Gasteiger partial charge in [-0.25, -0.2) is 0 Å². The average Bonchev–Trinajstić information content (AvgIpc) is 3.29. The molecule has 2 aliphatic heterocycles. The van der Waals surface area contributed by atoms with Gasteiger partial charge in [0.2, 0.25) is 0 Å². The van der Waals surface area contributed by atoms with Gasteiger partial charge >= 0.3 is 0 Å². The van der Waals surface area contributed by atoms with Crippen molar-refractivity contribution in [2.24, 2.45) is 0 Å². The van der Waals surface area contributed by atoms with E-state index in [0.717, 1.165) is 37.7 Å². The van der Waals surface area contributed by atoms with Gasteiger partial charge < -0.3 is 10.0 Å². The molecule has 2 fully saturated rings. The van der Waals surface area contributed by atoms with Gasteiger partial charge in [-0.3, -0.25) is 14.6 Å². The smallest absolute Gasteiger partial charge is 0.265 e. The van der Waals surface area contributed by atoms with Crippen LogP contribution in [0.2, 0.25) is 10.0 Å². The molecular formula is C20H23Cl2N3O2S. The van der Waals surface area contributed by atoms with E-state index in [1.54, 1.807) is 11.0 Å². The number of rotatable bonds is 4. The summed E-state index contributed by atoms with van der Waals surface area (Å²) in [6.45, 7) is 5.47. The molecule has 1 N–H and O–H groups in total. The highest BCUT2D eigenvalue weighted by Gasteiger charge is 2.39. The molecule has 4 rings (SSSR count). The Kier molecular flexibility index (Phi) is 6.25. The molecule has 0 saturated carbocycles. The number of hydrogen-bond acceptors (Lipinski definition) is 5. The fraction of sp³-hybridized carbons (Fsp3) is 0.450. The number of thiophene rings is 1. The lowest BCUT2D eigenvalue weighted by Gasteiger charge is -2.38. The first-order chi connectivity index (χ1) is 13.5. The molecule has 2 unspecified atom stereocenters. The predicted molar refractivity (Wildman–Crippen MR) is 113 cm³/mol. The number of aliphatic hydroxyl groups is 1. The van der Waals surface area contributed by atoms with Crippen LogP contribution in [0.25, 0.3) is 0 Å². The fourth-order valence-corrected chi connectivity index (χ4v) is 5.21. The van der Waals surface area contributed by atoms with Crippen LogP contribution in [0.3, 0.4) is 0 Å². The summed E-state index contributed by atoms with van der Waals surface area (Å²) < 4.78 is 0. The molecule has 28 heavy (non-hydrogen) atoms. The number of piperazine rings is 1. The zero-order valence-electron chi connectivity index (χ0n) is 15.4. The normalized spacial score (nSPS) is 24.0. The quantitative estimate of drug-likeness (QED) is 0.794. The highest BCUT2D eigenvalue weighted by Crippen LogP contribution is 2.27. The van der Waals surface area contributed by atoms with E-state index in [4.69, 9.17) is 23.2 Å².